The molecule has 0 spiro atoms. The Morgan fingerprint density at radius 1 is 1.22 bits per heavy atom. The first kappa shape index (κ1) is 12.8. The van der Waals surface area contributed by atoms with Crippen molar-refractivity contribution >= 4 is 0 Å². The van der Waals surface area contributed by atoms with Gasteiger partial charge in [-0.15, -0.1) is 5.10 Å². The Morgan fingerprint density at radius 3 is 2.72 bits per heavy atom. The third-order valence-corrected chi connectivity index (χ3v) is 3.05. The first-order valence-electron chi connectivity index (χ1n) is 6.52. The summed E-state index contributed by atoms with van der Waals surface area (Å²) in [6.07, 6.45) is 5.94. The molecular formula is C14H20N4. The summed E-state index contributed by atoms with van der Waals surface area (Å²) in [5.41, 5.74) is 8.21. The molecule has 2 rings (SSSR count). The molecule has 0 aliphatic carbocycles. The van der Waals surface area contributed by atoms with Gasteiger partial charge in [0.2, 0.25) is 0 Å². The molecule has 4 nitrogen and oxygen atoms in total. The number of hydrogen-bond donors (Lipinski definition) is 1. The fourth-order valence-corrected chi connectivity index (χ4v) is 2.06. The summed E-state index contributed by atoms with van der Waals surface area (Å²) in [6, 6.07) is 10.3. The van der Waals surface area contributed by atoms with E-state index in [2.05, 4.69) is 17.2 Å². The summed E-state index contributed by atoms with van der Waals surface area (Å²) >= 11 is 0. The molecule has 0 radical (unpaired) electrons. The van der Waals surface area contributed by atoms with Crippen LogP contribution in [0.5, 0.6) is 0 Å². The van der Waals surface area contributed by atoms with Gasteiger partial charge in [0.1, 0.15) is 0 Å². The van der Waals surface area contributed by atoms with E-state index in [9.17, 15) is 0 Å². The van der Waals surface area contributed by atoms with Crippen molar-refractivity contribution in [1.82, 2.24) is 15.0 Å². The summed E-state index contributed by atoms with van der Waals surface area (Å²) in [5, 5.41) is 8.13. The van der Waals surface area contributed by atoms with Crippen LogP contribution < -0.4 is 5.73 Å². The molecular weight excluding hydrogens is 224 g/mol. The third kappa shape index (κ3) is 3.17. The van der Waals surface area contributed by atoms with Gasteiger partial charge in [0.25, 0.3) is 0 Å². The third-order valence-electron chi connectivity index (χ3n) is 3.05. The second-order valence-corrected chi connectivity index (χ2v) is 4.56. The Labute approximate surface area is 108 Å². The number of benzene rings is 1. The lowest BCUT2D eigenvalue weighted by atomic mass is 10.1. The van der Waals surface area contributed by atoms with E-state index < -0.39 is 0 Å². The standard InChI is InChI=1S/C14H20N4/c1-2-6-12(15)9-10-14-11-16-17-18(14)13-7-4-3-5-8-13/h3-5,7-8,11-12H,2,6,9-10,15H2,1H3. The Kier molecular flexibility index (Phi) is 4.47. The Hall–Kier alpha value is -1.68. The highest BCUT2D eigenvalue weighted by Gasteiger charge is 2.08. The van der Waals surface area contributed by atoms with Crippen molar-refractivity contribution in [2.24, 2.45) is 5.73 Å². The molecule has 0 saturated heterocycles. The van der Waals surface area contributed by atoms with Gasteiger partial charge in [0.05, 0.1) is 17.6 Å². The summed E-state index contributed by atoms with van der Waals surface area (Å²) in [7, 11) is 0. The predicted molar refractivity (Wildman–Crippen MR) is 72.6 cm³/mol. The molecule has 96 valence electrons. The van der Waals surface area contributed by atoms with Crippen molar-refractivity contribution in [2.75, 3.05) is 0 Å². The Balaban J connectivity index is 2.05. The number of hydrogen-bond acceptors (Lipinski definition) is 3. The van der Waals surface area contributed by atoms with E-state index in [0.717, 1.165) is 37.1 Å². The Bertz CT molecular complexity index is 464. The van der Waals surface area contributed by atoms with Gasteiger partial charge in [-0.3, -0.25) is 0 Å². The van der Waals surface area contributed by atoms with Crippen molar-refractivity contribution in [1.29, 1.82) is 0 Å². The van der Waals surface area contributed by atoms with Crippen molar-refractivity contribution in [2.45, 2.75) is 38.6 Å². The molecule has 4 heteroatoms. The first-order chi connectivity index (χ1) is 8.81. The molecule has 2 aromatic rings. The molecule has 0 amide bonds. The fourth-order valence-electron chi connectivity index (χ4n) is 2.06. The van der Waals surface area contributed by atoms with Gasteiger partial charge in [0.15, 0.2) is 0 Å². The average Bonchev–Trinajstić information content (AvgIpc) is 2.86. The number of nitrogens with two attached hydrogens (primary N) is 1. The number of para-hydroxylation sites is 1. The van der Waals surface area contributed by atoms with Crippen LogP contribution in [0.25, 0.3) is 5.69 Å². The SMILES string of the molecule is CCCC(N)CCc1cnnn1-c1ccccc1. The van der Waals surface area contributed by atoms with Gasteiger partial charge in [-0.05, 0) is 31.4 Å². The molecule has 0 saturated carbocycles. The van der Waals surface area contributed by atoms with Gasteiger partial charge < -0.3 is 5.73 Å². The van der Waals surface area contributed by atoms with Gasteiger partial charge in [0, 0.05) is 6.04 Å². The van der Waals surface area contributed by atoms with Crippen LogP contribution in [0, 0.1) is 0 Å². The molecule has 1 atom stereocenters. The zero-order valence-corrected chi connectivity index (χ0v) is 10.8. The lowest BCUT2D eigenvalue weighted by molar-refractivity contribution is 0.552. The minimum atomic E-state index is 0.272. The minimum absolute atomic E-state index is 0.272. The summed E-state index contributed by atoms with van der Waals surface area (Å²) in [4.78, 5) is 0. The van der Waals surface area contributed by atoms with Gasteiger partial charge in [-0.25, -0.2) is 4.68 Å². The molecule has 1 heterocycles. The highest BCUT2D eigenvalue weighted by Crippen LogP contribution is 2.11. The number of nitrogens with zero attached hydrogens (tertiary/aromatic N) is 3. The summed E-state index contributed by atoms with van der Waals surface area (Å²) < 4.78 is 1.89. The quantitative estimate of drug-likeness (QED) is 0.848. The maximum absolute atomic E-state index is 6.04. The van der Waals surface area contributed by atoms with E-state index in [1.807, 2.05) is 41.2 Å². The van der Waals surface area contributed by atoms with Crippen LogP contribution in [0.2, 0.25) is 0 Å². The number of rotatable bonds is 6. The molecule has 0 fully saturated rings. The largest absolute Gasteiger partial charge is 0.328 e. The number of aryl methyl sites for hydroxylation is 1. The molecule has 0 aliphatic heterocycles. The minimum Gasteiger partial charge on any atom is -0.328 e. The van der Waals surface area contributed by atoms with E-state index in [1.54, 1.807) is 0 Å². The fraction of sp³-hybridized carbons (Fsp3) is 0.429. The molecule has 0 aliphatic rings. The molecule has 0 bridgehead atoms. The highest BCUT2D eigenvalue weighted by atomic mass is 15.4. The zero-order valence-electron chi connectivity index (χ0n) is 10.8. The molecule has 1 aromatic carbocycles. The van der Waals surface area contributed by atoms with E-state index in [0.29, 0.717) is 0 Å². The van der Waals surface area contributed by atoms with Crippen LogP contribution in [0.15, 0.2) is 36.5 Å². The van der Waals surface area contributed by atoms with Crippen molar-refractivity contribution < 1.29 is 0 Å². The highest BCUT2D eigenvalue weighted by molar-refractivity contribution is 5.31. The predicted octanol–water partition coefficient (Wildman–Crippen LogP) is 2.33. The van der Waals surface area contributed by atoms with Crippen LogP contribution in [0.1, 0.15) is 31.9 Å². The van der Waals surface area contributed by atoms with Crippen LogP contribution in [0.3, 0.4) is 0 Å². The molecule has 18 heavy (non-hydrogen) atoms. The van der Waals surface area contributed by atoms with Gasteiger partial charge >= 0.3 is 0 Å². The van der Waals surface area contributed by atoms with E-state index in [-0.39, 0.29) is 6.04 Å². The lowest BCUT2D eigenvalue weighted by Gasteiger charge is -2.10. The van der Waals surface area contributed by atoms with Crippen molar-refractivity contribution in [3.05, 3.63) is 42.2 Å². The van der Waals surface area contributed by atoms with E-state index in [4.69, 9.17) is 5.73 Å². The molecule has 2 N–H and O–H groups in total. The maximum atomic E-state index is 6.04. The Morgan fingerprint density at radius 2 is 2.00 bits per heavy atom. The van der Waals surface area contributed by atoms with Crippen molar-refractivity contribution in [3.63, 3.8) is 0 Å². The number of aromatic nitrogens is 3. The molecule has 1 aromatic heterocycles. The monoisotopic (exact) mass is 244 g/mol. The average molecular weight is 244 g/mol. The van der Waals surface area contributed by atoms with E-state index in [1.165, 1.54) is 0 Å². The van der Waals surface area contributed by atoms with Crippen LogP contribution in [0.4, 0.5) is 0 Å². The lowest BCUT2D eigenvalue weighted by Crippen LogP contribution is -2.20. The van der Waals surface area contributed by atoms with Crippen LogP contribution in [-0.4, -0.2) is 21.0 Å². The second kappa shape index (κ2) is 6.31. The van der Waals surface area contributed by atoms with E-state index >= 15 is 0 Å². The smallest absolute Gasteiger partial charge is 0.0729 e. The van der Waals surface area contributed by atoms with Gasteiger partial charge in [-0.1, -0.05) is 36.8 Å². The maximum Gasteiger partial charge on any atom is 0.0729 e. The first-order valence-corrected chi connectivity index (χ1v) is 6.52. The second-order valence-electron chi connectivity index (χ2n) is 4.56. The zero-order chi connectivity index (χ0) is 12.8. The van der Waals surface area contributed by atoms with Gasteiger partial charge in [-0.2, -0.15) is 0 Å². The van der Waals surface area contributed by atoms with Crippen LogP contribution in [-0.2, 0) is 6.42 Å². The molecule has 1 unspecified atom stereocenters. The van der Waals surface area contributed by atoms with Crippen LogP contribution >= 0.6 is 0 Å². The topological polar surface area (TPSA) is 56.7 Å². The summed E-state index contributed by atoms with van der Waals surface area (Å²) in [5.74, 6) is 0. The van der Waals surface area contributed by atoms with Crippen molar-refractivity contribution in [3.8, 4) is 5.69 Å². The normalized spacial score (nSPS) is 12.6. The summed E-state index contributed by atoms with van der Waals surface area (Å²) in [6.45, 7) is 2.16.